The molecule has 3 aromatic rings. The molecule has 9 heteroatoms. The molecule has 1 atom stereocenters. The summed E-state index contributed by atoms with van der Waals surface area (Å²) in [5.74, 6) is -1.22. The molecule has 8 nitrogen and oxygen atoms in total. The minimum absolute atomic E-state index is 0.122. The Morgan fingerprint density at radius 1 is 1.11 bits per heavy atom. The van der Waals surface area contributed by atoms with Gasteiger partial charge < -0.3 is 19.1 Å². The normalized spacial score (nSPS) is 17.0. The number of aliphatic hydroxyl groups excluding tert-OH is 1. The fourth-order valence-corrected chi connectivity index (χ4v) is 4.12. The second kappa shape index (κ2) is 10.6. The van der Waals surface area contributed by atoms with Gasteiger partial charge in [-0.15, -0.1) is 0 Å². The molecular formula is C27H27FN2O6. The van der Waals surface area contributed by atoms with Gasteiger partial charge in [0.05, 0.1) is 25.3 Å². The van der Waals surface area contributed by atoms with Crippen LogP contribution in [0.1, 0.15) is 49.1 Å². The highest BCUT2D eigenvalue weighted by Gasteiger charge is 2.48. The molecule has 4 rings (SSSR count). The number of halogens is 1. The van der Waals surface area contributed by atoms with E-state index in [0.29, 0.717) is 29.4 Å². The van der Waals surface area contributed by atoms with Gasteiger partial charge in [0.1, 0.15) is 17.3 Å². The van der Waals surface area contributed by atoms with Crippen LogP contribution in [0.3, 0.4) is 0 Å². The maximum atomic E-state index is 13.5. The van der Waals surface area contributed by atoms with Gasteiger partial charge in [-0.25, -0.2) is 4.39 Å². The highest BCUT2D eigenvalue weighted by molar-refractivity contribution is 6.51. The Labute approximate surface area is 207 Å². The average Bonchev–Trinajstić information content (AvgIpc) is 3.42. The number of anilines is 1. The van der Waals surface area contributed by atoms with Crippen LogP contribution >= 0.6 is 0 Å². The molecule has 0 spiro atoms. The summed E-state index contributed by atoms with van der Waals surface area (Å²) in [7, 11) is 1.49. The molecule has 0 radical (unpaired) electrons. The van der Waals surface area contributed by atoms with Crippen molar-refractivity contribution in [3.05, 3.63) is 76.8 Å². The van der Waals surface area contributed by atoms with Crippen molar-refractivity contribution in [2.45, 2.75) is 39.2 Å². The van der Waals surface area contributed by atoms with Crippen molar-refractivity contribution in [1.29, 1.82) is 0 Å². The molecule has 1 saturated heterocycles. The summed E-state index contributed by atoms with van der Waals surface area (Å²) >= 11 is 0. The van der Waals surface area contributed by atoms with Gasteiger partial charge in [0.25, 0.3) is 5.78 Å². The molecule has 1 aliphatic heterocycles. The third-order valence-electron chi connectivity index (χ3n) is 5.93. The van der Waals surface area contributed by atoms with Gasteiger partial charge in [0.2, 0.25) is 0 Å². The molecule has 2 heterocycles. The summed E-state index contributed by atoms with van der Waals surface area (Å²) in [5.41, 5.74) is 0.515. The van der Waals surface area contributed by atoms with E-state index in [-0.39, 0.29) is 17.0 Å². The number of hydrogen-bond donors (Lipinski definition) is 1. The van der Waals surface area contributed by atoms with E-state index in [9.17, 15) is 19.1 Å². The predicted octanol–water partition coefficient (Wildman–Crippen LogP) is 5.33. The molecule has 1 fully saturated rings. The van der Waals surface area contributed by atoms with Gasteiger partial charge >= 0.3 is 5.91 Å². The van der Waals surface area contributed by atoms with Crippen molar-refractivity contribution in [3.8, 4) is 11.5 Å². The van der Waals surface area contributed by atoms with Crippen LogP contribution in [0.25, 0.3) is 5.76 Å². The highest BCUT2D eigenvalue weighted by Crippen LogP contribution is 2.44. The first-order chi connectivity index (χ1) is 17.3. The van der Waals surface area contributed by atoms with Gasteiger partial charge in [0, 0.05) is 11.6 Å². The van der Waals surface area contributed by atoms with Crippen LogP contribution < -0.4 is 14.4 Å². The maximum absolute atomic E-state index is 13.5. The monoisotopic (exact) mass is 494 g/mol. The SMILES string of the molecule is CCCCCOc1ccc(C2/C(=C(/O)c3ccc(F)cc3)C(=O)C(=O)N2c2cc(C)on2)cc1OC. The first-order valence-corrected chi connectivity index (χ1v) is 11.7. The second-order valence-electron chi connectivity index (χ2n) is 8.44. The topological polar surface area (TPSA) is 102 Å². The number of hydrogen-bond acceptors (Lipinski definition) is 7. The lowest BCUT2D eigenvalue weighted by Gasteiger charge is -2.23. The van der Waals surface area contributed by atoms with Gasteiger partial charge in [-0.05, 0) is 55.3 Å². The van der Waals surface area contributed by atoms with Gasteiger partial charge in [-0.3, -0.25) is 14.5 Å². The number of Topliss-reactive ketones (excluding diaryl/α,β-unsaturated/α-hetero) is 1. The molecule has 2 aromatic carbocycles. The summed E-state index contributed by atoms with van der Waals surface area (Å²) in [6, 6.07) is 10.5. The lowest BCUT2D eigenvalue weighted by Crippen LogP contribution is -2.29. The fraction of sp³-hybridized carbons (Fsp3) is 0.296. The Balaban J connectivity index is 1.83. The van der Waals surface area contributed by atoms with Crippen molar-refractivity contribution in [2.24, 2.45) is 0 Å². The minimum Gasteiger partial charge on any atom is -0.507 e. The van der Waals surface area contributed by atoms with E-state index >= 15 is 0 Å². The van der Waals surface area contributed by atoms with Crippen LogP contribution in [-0.4, -0.2) is 35.7 Å². The standard InChI is InChI=1S/C27H27FN2O6/c1-4-5-6-13-35-20-12-9-18(15-21(20)34-3)24-23(25(31)17-7-10-19(28)11-8-17)26(32)27(33)30(24)22-14-16(2)36-29-22/h7-12,14-15,24,31H,4-6,13H2,1-3H3/b25-23-. The summed E-state index contributed by atoms with van der Waals surface area (Å²) in [6.07, 6.45) is 2.99. The number of rotatable bonds is 9. The number of carbonyl (C=O) groups is 2. The largest absolute Gasteiger partial charge is 0.507 e. The number of amides is 1. The fourth-order valence-electron chi connectivity index (χ4n) is 4.12. The lowest BCUT2D eigenvalue weighted by molar-refractivity contribution is -0.132. The summed E-state index contributed by atoms with van der Waals surface area (Å²) < 4.78 is 30.0. The second-order valence-corrected chi connectivity index (χ2v) is 8.44. The van der Waals surface area contributed by atoms with Crippen LogP contribution in [0.5, 0.6) is 11.5 Å². The van der Waals surface area contributed by atoms with E-state index < -0.39 is 29.3 Å². The first kappa shape index (κ1) is 25.0. The highest BCUT2D eigenvalue weighted by atomic mass is 19.1. The van der Waals surface area contributed by atoms with Crippen LogP contribution in [0.4, 0.5) is 10.2 Å². The number of aromatic nitrogens is 1. The molecule has 0 saturated carbocycles. The first-order valence-electron chi connectivity index (χ1n) is 11.7. The number of aryl methyl sites for hydroxylation is 1. The third kappa shape index (κ3) is 4.82. The summed E-state index contributed by atoms with van der Waals surface area (Å²) in [5, 5.41) is 15.0. The van der Waals surface area contributed by atoms with Crippen molar-refractivity contribution in [1.82, 2.24) is 5.16 Å². The number of nitrogens with zero attached hydrogens (tertiary/aromatic N) is 2. The van der Waals surface area contributed by atoms with E-state index in [2.05, 4.69) is 12.1 Å². The number of carbonyl (C=O) groups excluding carboxylic acids is 2. The predicted molar refractivity (Wildman–Crippen MR) is 130 cm³/mol. The molecule has 0 bridgehead atoms. The molecule has 188 valence electrons. The van der Waals surface area contributed by atoms with Gasteiger partial charge in [0.15, 0.2) is 17.3 Å². The van der Waals surface area contributed by atoms with Crippen LogP contribution in [0.2, 0.25) is 0 Å². The smallest absolute Gasteiger partial charge is 0.301 e. The number of aliphatic hydroxyl groups is 1. The number of benzene rings is 2. The van der Waals surface area contributed by atoms with E-state index in [1.54, 1.807) is 25.1 Å². The summed E-state index contributed by atoms with van der Waals surface area (Å²) in [6.45, 7) is 4.28. The number of unbranched alkanes of at least 4 members (excludes halogenated alkanes) is 2. The number of ether oxygens (including phenoxy) is 2. The van der Waals surface area contributed by atoms with Crippen molar-refractivity contribution >= 4 is 23.3 Å². The quantitative estimate of drug-likeness (QED) is 0.186. The minimum atomic E-state index is -1.04. The molecule has 1 unspecified atom stereocenters. The Bertz CT molecular complexity index is 1300. The van der Waals surface area contributed by atoms with Crippen molar-refractivity contribution in [2.75, 3.05) is 18.6 Å². The Morgan fingerprint density at radius 3 is 2.50 bits per heavy atom. The van der Waals surface area contributed by atoms with Crippen LogP contribution in [0.15, 0.2) is 58.6 Å². The molecule has 1 aliphatic rings. The van der Waals surface area contributed by atoms with E-state index in [1.165, 1.54) is 30.2 Å². The van der Waals surface area contributed by atoms with Crippen LogP contribution in [-0.2, 0) is 9.59 Å². The van der Waals surface area contributed by atoms with Gasteiger partial charge in [-0.2, -0.15) is 0 Å². The molecule has 1 N–H and O–H groups in total. The molecule has 0 aliphatic carbocycles. The molecule has 36 heavy (non-hydrogen) atoms. The Hall–Kier alpha value is -4.14. The Kier molecular flexibility index (Phi) is 7.38. The van der Waals surface area contributed by atoms with E-state index in [1.807, 2.05) is 0 Å². The zero-order chi connectivity index (χ0) is 25.8. The number of ketones is 1. The summed E-state index contributed by atoms with van der Waals surface area (Å²) in [4.78, 5) is 27.5. The zero-order valence-corrected chi connectivity index (χ0v) is 20.3. The molecule has 1 aromatic heterocycles. The van der Waals surface area contributed by atoms with E-state index in [4.69, 9.17) is 14.0 Å². The van der Waals surface area contributed by atoms with Crippen molar-refractivity contribution in [3.63, 3.8) is 0 Å². The van der Waals surface area contributed by atoms with E-state index in [0.717, 1.165) is 31.4 Å². The maximum Gasteiger partial charge on any atom is 0.301 e. The third-order valence-corrected chi connectivity index (χ3v) is 5.93. The number of methoxy groups -OCH3 is 1. The van der Waals surface area contributed by atoms with Crippen LogP contribution in [0, 0.1) is 12.7 Å². The van der Waals surface area contributed by atoms with Gasteiger partial charge in [-0.1, -0.05) is 31.0 Å². The lowest BCUT2D eigenvalue weighted by atomic mass is 9.95. The average molecular weight is 495 g/mol. The molecular weight excluding hydrogens is 467 g/mol. The Morgan fingerprint density at radius 2 is 1.86 bits per heavy atom. The molecule has 1 amide bonds. The zero-order valence-electron chi connectivity index (χ0n) is 20.3. The van der Waals surface area contributed by atoms with Crippen molar-refractivity contribution < 1.29 is 33.1 Å².